The van der Waals surface area contributed by atoms with Crippen LogP contribution >= 0.6 is 0 Å². The number of hydrogen-bond donors (Lipinski definition) is 10. The molecule has 0 aromatic heterocycles. The van der Waals surface area contributed by atoms with E-state index in [0.29, 0.717) is 12.0 Å². The van der Waals surface area contributed by atoms with Crippen LogP contribution in [-0.4, -0.2) is 147 Å². The Balaban J connectivity index is 2.67. The van der Waals surface area contributed by atoms with Gasteiger partial charge in [0.1, 0.15) is 35.9 Å². The van der Waals surface area contributed by atoms with Crippen LogP contribution < -0.4 is 31.9 Å². The number of carboxylic acid groups (broad SMARTS) is 4. The second-order valence-electron chi connectivity index (χ2n) is 16.6. The maximum Gasteiger partial charge on any atom is 0.326 e. The molecule has 0 unspecified atom stereocenters. The van der Waals surface area contributed by atoms with Crippen molar-refractivity contribution in [3.63, 3.8) is 0 Å². The van der Waals surface area contributed by atoms with Crippen LogP contribution in [0.25, 0.3) is 0 Å². The van der Waals surface area contributed by atoms with E-state index >= 15 is 0 Å². The highest BCUT2D eigenvalue weighted by atomic mass is 16.5. The third kappa shape index (κ3) is 19.8. The van der Waals surface area contributed by atoms with Crippen LogP contribution in [0.1, 0.15) is 78.2 Å². The van der Waals surface area contributed by atoms with Crippen LogP contribution in [-0.2, 0) is 63.9 Å². The minimum atomic E-state index is -2.06. The lowest BCUT2D eigenvalue weighted by molar-refractivity contribution is -0.144. The van der Waals surface area contributed by atoms with Crippen molar-refractivity contribution < 1.29 is 77.9 Å². The molecule has 0 bridgehead atoms. The van der Waals surface area contributed by atoms with E-state index in [2.05, 4.69) is 38.5 Å². The van der Waals surface area contributed by atoms with Crippen molar-refractivity contribution in [3.05, 3.63) is 72.0 Å². The van der Waals surface area contributed by atoms with Gasteiger partial charge in [-0.3, -0.25) is 43.2 Å². The maximum absolute atomic E-state index is 14.0. The van der Waals surface area contributed by atoms with Gasteiger partial charge in [-0.15, -0.1) is 0 Å². The zero-order valence-corrected chi connectivity index (χ0v) is 39.3. The first kappa shape index (κ1) is 57.7. The predicted molar refractivity (Wildman–Crippen MR) is 244 cm³/mol. The van der Waals surface area contributed by atoms with Gasteiger partial charge < -0.3 is 62.0 Å². The van der Waals surface area contributed by atoms with Gasteiger partial charge in [0, 0.05) is 39.3 Å². The fourth-order valence-corrected chi connectivity index (χ4v) is 6.86. The van der Waals surface area contributed by atoms with Gasteiger partial charge in [-0.05, 0) is 45.1 Å². The van der Waals surface area contributed by atoms with E-state index in [0.717, 1.165) is 24.4 Å². The molecule has 1 aromatic rings. The lowest BCUT2D eigenvalue weighted by Gasteiger charge is -2.27. The molecule has 0 aliphatic carbocycles. The van der Waals surface area contributed by atoms with E-state index in [1.807, 2.05) is 43.3 Å². The summed E-state index contributed by atoms with van der Waals surface area (Å²) in [7, 11) is 2.71. The summed E-state index contributed by atoms with van der Waals surface area (Å²) in [5, 5.41) is 52.6. The number of carbonyl (C=O) groups is 11. The molecule has 1 aromatic carbocycles. The van der Waals surface area contributed by atoms with E-state index in [9.17, 15) is 73.2 Å². The van der Waals surface area contributed by atoms with Gasteiger partial charge in [-0.2, -0.15) is 0 Å². The molecular weight excluding hydrogens is 907 g/mol. The fourth-order valence-electron chi connectivity index (χ4n) is 6.86. The summed E-state index contributed by atoms with van der Waals surface area (Å²) in [5.41, 5.74) is 1.17. The van der Waals surface area contributed by atoms with E-state index in [1.165, 1.54) is 13.0 Å². The van der Waals surface area contributed by atoms with Crippen LogP contribution in [0.3, 0.4) is 0 Å². The van der Waals surface area contributed by atoms with Gasteiger partial charge in [0.05, 0.1) is 24.5 Å². The molecule has 1 aliphatic rings. The first-order valence-corrected chi connectivity index (χ1v) is 21.9. The number of likely N-dealkylation sites (N-methyl/N-ethyl adjacent to an activating group) is 1. The third-order valence-electron chi connectivity index (χ3n) is 11.1. The number of nitrogens with one attached hydrogen (secondary N) is 6. The SMILES string of the molecule is C=C1C(=O)N[C@H](C)C(=O)N[C@@H](CCC(=O)O)C(=O)N[C@@H](C(=O)O)CC(=O)N[C@@H](CCC(=O)O)C(=O)N[C@@H](/C=C/C(C)=C/[C@H](C)[C@H](Cc2ccccc2)OC)[C@H](C)C(=O)N[C@@H](C(=O)O)CCC(=O)N1C. The molecule has 10 N–H and O–H groups in total. The number of ether oxygens (including phenoxy) is 1. The highest BCUT2D eigenvalue weighted by Crippen LogP contribution is 2.18. The minimum absolute atomic E-state index is 0.168. The van der Waals surface area contributed by atoms with Crippen molar-refractivity contribution in [1.29, 1.82) is 0 Å². The number of amides is 7. The maximum atomic E-state index is 14.0. The summed E-state index contributed by atoms with van der Waals surface area (Å²) in [6.45, 7) is 9.72. The van der Waals surface area contributed by atoms with E-state index < -0.39 is 158 Å². The molecule has 0 spiro atoms. The molecular formula is C46H63N7O16. The standard InChI is InChI=1S/C46H63N7O16/c1-24(21-25(2)35(69-7)22-29-11-9-8-10-12-29)13-14-30-26(3)40(60)51-33(45(65)66)15-18-37(55)53(6)28(5)42(62)47-27(4)41(61)50-32(17-20-39(58)59)44(64)52-34(46(67)68)23-36(54)48-31(43(63)49-30)16-19-38(56)57/h8-14,21,25-27,30-35H,5,15-20,22-23H2,1-4,6-7H3,(H,47,62)(H,48,54)(H,49,63)(H,50,61)(H,51,60)(H,52,64)(H,56,57)(H,58,59)(H,65,66)(H,67,68)/b14-13+,24-21+/t25-,26-,27+,30-,31-,32-,33+,34+,35-/m0/s1. The lowest BCUT2D eigenvalue weighted by atomic mass is 9.94. The molecule has 23 heteroatoms. The molecule has 0 saturated carbocycles. The number of methoxy groups -OCH3 is 1. The Morgan fingerprint density at radius 3 is 1.88 bits per heavy atom. The van der Waals surface area contributed by atoms with Crippen molar-refractivity contribution in [1.82, 2.24) is 36.8 Å². The number of allylic oxidation sites excluding steroid dienone is 2. The van der Waals surface area contributed by atoms with Crippen LogP contribution in [0.4, 0.5) is 0 Å². The molecule has 9 atom stereocenters. The van der Waals surface area contributed by atoms with Gasteiger partial charge in [-0.1, -0.05) is 74.6 Å². The minimum Gasteiger partial charge on any atom is -0.481 e. The zero-order chi connectivity index (χ0) is 52.1. The Morgan fingerprint density at radius 1 is 0.783 bits per heavy atom. The molecule has 0 radical (unpaired) electrons. The van der Waals surface area contributed by atoms with Crippen LogP contribution in [0.15, 0.2) is 66.4 Å². The van der Waals surface area contributed by atoms with Crippen molar-refractivity contribution in [3.8, 4) is 0 Å². The van der Waals surface area contributed by atoms with Gasteiger partial charge in [0.15, 0.2) is 0 Å². The highest BCUT2D eigenvalue weighted by molar-refractivity contribution is 6.00. The highest BCUT2D eigenvalue weighted by Gasteiger charge is 2.34. The number of rotatable bonds is 15. The molecule has 378 valence electrons. The summed E-state index contributed by atoms with van der Waals surface area (Å²) >= 11 is 0. The van der Waals surface area contributed by atoms with E-state index in [-0.39, 0.29) is 12.0 Å². The largest absolute Gasteiger partial charge is 0.481 e. The number of carboxylic acids is 4. The molecule has 2 rings (SSSR count). The van der Waals surface area contributed by atoms with Gasteiger partial charge in [0.25, 0.3) is 5.91 Å². The second kappa shape index (κ2) is 28.0. The average molecular weight is 970 g/mol. The van der Waals surface area contributed by atoms with Crippen molar-refractivity contribution in [2.75, 3.05) is 14.2 Å². The van der Waals surface area contributed by atoms with Crippen LogP contribution in [0.5, 0.6) is 0 Å². The monoisotopic (exact) mass is 969 g/mol. The van der Waals surface area contributed by atoms with Gasteiger partial charge in [0.2, 0.25) is 35.4 Å². The topological polar surface area (TPSA) is 353 Å². The quantitative estimate of drug-likeness (QED) is 0.0817. The molecule has 7 amide bonds. The Labute approximate surface area is 398 Å². The molecule has 1 aliphatic heterocycles. The van der Waals surface area contributed by atoms with Gasteiger partial charge in [-0.25, -0.2) is 9.59 Å². The molecule has 1 saturated heterocycles. The summed E-state index contributed by atoms with van der Waals surface area (Å²) in [6, 6.07) is -0.356. The molecule has 69 heavy (non-hydrogen) atoms. The van der Waals surface area contributed by atoms with Crippen molar-refractivity contribution >= 4 is 65.2 Å². The average Bonchev–Trinajstić information content (AvgIpc) is 3.28. The van der Waals surface area contributed by atoms with Crippen molar-refractivity contribution in [2.24, 2.45) is 11.8 Å². The molecule has 1 heterocycles. The Morgan fingerprint density at radius 2 is 1.33 bits per heavy atom. The first-order valence-electron chi connectivity index (χ1n) is 21.9. The smallest absolute Gasteiger partial charge is 0.326 e. The zero-order valence-electron chi connectivity index (χ0n) is 39.3. The van der Waals surface area contributed by atoms with Crippen LogP contribution in [0, 0.1) is 11.8 Å². The Hall–Kier alpha value is -7.43. The number of hydrogen-bond acceptors (Lipinski definition) is 12. The number of benzene rings is 1. The molecule has 1 fully saturated rings. The number of carbonyl (C=O) groups excluding carboxylic acids is 7. The summed E-state index contributed by atoms with van der Waals surface area (Å²) in [4.78, 5) is 143. The first-order chi connectivity index (χ1) is 32.3. The van der Waals surface area contributed by atoms with E-state index in [4.69, 9.17) is 4.74 Å². The number of nitrogens with zero attached hydrogens (tertiary/aromatic N) is 1. The summed E-state index contributed by atoms with van der Waals surface area (Å²) in [6.07, 6.45) is 0.520. The Bertz CT molecular complexity index is 2140. The second-order valence-corrected chi connectivity index (χ2v) is 16.6. The van der Waals surface area contributed by atoms with Gasteiger partial charge >= 0.3 is 23.9 Å². The number of aliphatic carboxylic acids is 4. The Kier molecular flexibility index (Phi) is 23.4. The third-order valence-corrected chi connectivity index (χ3v) is 11.1. The lowest BCUT2D eigenvalue weighted by Crippen LogP contribution is -2.56. The normalized spacial score (nSPS) is 24.5. The van der Waals surface area contributed by atoms with Crippen molar-refractivity contribution in [2.45, 2.75) is 121 Å². The fraction of sp³-hybridized carbons (Fsp3) is 0.500. The predicted octanol–water partition coefficient (Wildman–Crippen LogP) is 0.00230. The summed E-state index contributed by atoms with van der Waals surface area (Å²) in [5.74, 6) is -14.9. The molecule has 23 nitrogen and oxygen atoms in total. The van der Waals surface area contributed by atoms with E-state index in [1.54, 1.807) is 20.1 Å². The summed E-state index contributed by atoms with van der Waals surface area (Å²) < 4.78 is 5.76. The van der Waals surface area contributed by atoms with Crippen LogP contribution in [0.2, 0.25) is 0 Å².